The van der Waals surface area contributed by atoms with Gasteiger partial charge in [0.2, 0.25) is 5.91 Å². The third kappa shape index (κ3) is 7.10. The monoisotopic (exact) mass is 526 g/mol. The molecule has 3 atom stereocenters. The lowest BCUT2D eigenvalue weighted by atomic mass is 9.88. The summed E-state index contributed by atoms with van der Waals surface area (Å²) in [6, 6.07) is 21.0. The van der Waals surface area contributed by atoms with Gasteiger partial charge in [0, 0.05) is 46.1 Å². The number of hydrogen-bond donors (Lipinski definition) is 2. The van der Waals surface area contributed by atoms with Crippen LogP contribution in [-0.4, -0.2) is 37.5 Å². The van der Waals surface area contributed by atoms with Gasteiger partial charge in [0.05, 0.1) is 12.7 Å². The molecule has 1 amide bonds. The Bertz CT molecular complexity index is 1170. The lowest BCUT2D eigenvalue weighted by molar-refractivity contribution is -0.116. The van der Waals surface area contributed by atoms with E-state index in [1.54, 1.807) is 23.9 Å². The normalized spacial score (nSPS) is 18.6. The standard InChI is InChI=1S/C29H32ClFN2O2S/c1-19-18-35-23(17-32-19)13-14-25-27(31)7-4-8-28(25)33-29(34)16-26(20-9-11-22(30)12-10-20)21-5-3-6-24(15-21)36-2/h3-12,15,19,23,26,32H,13-14,16-18H2,1-2H3,(H,33,34)/t19-,23-,26+/m1/s1. The average molecular weight is 527 g/mol. The number of morpholine rings is 1. The summed E-state index contributed by atoms with van der Waals surface area (Å²) in [5.41, 5.74) is 3.09. The Balaban J connectivity index is 1.51. The van der Waals surface area contributed by atoms with Gasteiger partial charge in [-0.2, -0.15) is 0 Å². The molecule has 1 fully saturated rings. The molecule has 190 valence electrons. The number of rotatable bonds is 9. The van der Waals surface area contributed by atoms with Gasteiger partial charge in [0.25, 0.3) is 0 Å². The van der Waals surface area contributed by atoms with E-state index in [0.29, 0.717) is 41.8 Å². The fourth-order valence-electron chi connectivity index (χ4n) is 4.52. The zero-order valence-electron chi connectivity index (χ0n) is 20.6. The van der Waals surface area contributed by atoms with E-state index >= 15 is 0 Å². The number of nitrogens with one attached hydrogen (secondary N) is 2. The highest BCUT2D eigenvalue weighted by atomic mass is 35.5. The topological polar surface area (TPSA) is 50.4 Å². The minimum Gasteiger partial charge on any atom is -0.375 e. The molecule has 0 aliphatic carbocycles. The number of hydrogen-bond acceptors (Lipinski definition) is 4. The van der Waals surface area contributed by atoms with E-state index < -0.39 is 0 Å². The molecule has 0 aromatic heterocycles. The number of ether oxygens (including phenoxy) is 1. The Kier molecular flexibility index (Phi) is 9.43. The number of halogens is 2. The highest BCUT2D eigenvalue weighted by Gasteiger charge is 2.22. The lowest BCUT2D eigenvalue weighted by Crippen LogP contribution is -2.44. The van der Waals surface area contributed by atoms with Crippen LogP contribution >= 0.6 is 23.4 Å². The van der Waals surface area contributed by atoms with Crippen molar-refractivity contribution in [2.75, 3.05) is 24.7 Å². The molecule has 3 aromatic rings. The van der Waals surface area contributed by atoms with Gasteiger partial charge in [-0.15, -0.1) is 11.8 Å². The first-order valence-electron chi connectivity index (χ1n) is 12.2. The maximum absolute atomic E-state index is 14.8. The van der Waals surface area contributed by atoms with E-state index in [4.69, 9.17) is 16.3 Å². The average Bonchev–Trinajstić information content (AvgIpc) is 2.88. The van der Waals surface area contributed by atoms with Crippen LogP contribution in [0, 0.1) is 5.82 Å². The van der Waals surface area contributed by atoms with Crippen molar-refractivity contribution in [3.8, 4) is 0 Å². The van der Waals surface area contributed by atoms with Crippen LogP contribution in [0.25, 0.3) is 0 Å². The molecule has 1 aliphatic heterocycles. The maximum atomic E-state index is 14.8. The Morgan fingerprint density at radius 1 is 1.17 bits per heavy atom. The van der Waals surface area contributed by atoms with Crippen LogP contribution in [0.5, 0.6) is 0 Å². The van der Waals surface area contributed by atoms with E-state index in [-0.39, 0.29) is 30.2 Å². The SMILES string of the molecule is CSc1cccc([C@@H](CC(=O)Nc2cccc(F)c2CC[C@@H]2CN[C@H](C)CO2)c2ccc(Cl)cc2)c1. The Labute approximate surface area is 222 Å². The molecule has 7 heteroatoms. The van der Waals surface area contributed by atoms with Crippen molar-refractivity contribution in [2.24, 2.45) is 0 Å². The van der Waals surface area contributed by atoms with Gasteiger partial charge in [-0.3, -0.25) is 4.79 Å². The summed E-state index contributed by atoms with van der Waals surface area (Å²) in [6.45, 7) is 3.47. The van der Waals surface area contributed by atoms with Crippen LogP contribution in [0.2, 0.25) is 5.02 Å². The van der Waals surface area contributed by atoms with Crippen LogP contribution in [-0.2, 0) is 16.0 Å². The molecular weight excluding hydrogens is 495 g/mol. The van der Waals surface area contributed by atoms with Crippen molar-refractivity contribution >= 4 is 35.0 Å². The second kappa shape index (κ2) is 12.7. The molecule has 0 saturated carbocycles. The second-order valence-corrected chi connectivity index (χ2v) is 10.5. The van der Waals surface area contributed by atoms with E-state index in [2.05, 4.69) is 29.7 Å². The van der Waals surface area contributed by atoms with Gasteiger partial charge in [0.1, 0.15) is 5.82 Å². The first kappa shape index (κ1) is 26.7. The van der Waals surface area contributed by atoms with Gasteiger partial charge in [-0.05, 0) is 73.5 Å². The number of carbonyl (C=O) groups excluding carboxylic acids is 1. The van der Waals surface area contributed by atoms with Crippen molar-refractivity contribution in [1.29, 1.82) is 0 Å². The van der Waals surface area contributed by atoms with Crippen LogP contribution in [0.1, 0.15) is 42.4 Å². The van der Waals surface area contributed by atoms with Gasteiger partial charge >= 0.3 is 0 Å². The summed E-state index contributed by atoms with van der Waals surface area (Å²) >= 11 is 7.78. The van der Waals surface area contributed by atoms with Crippen molar-refractivity contribution in [1.82, 2.24) is 5.32 Å². The van der Waals surface area contributed by atoms with E-state index in [9.17, 15) is 9.18 Å². The lowest BCUT2D eigenvalue weighted by Gasteiger charge is -2.28. The van der Waals surface area contributed by atoms with Crippen LogP contribution in [0.4, 0.5) is 10.1 Å². The number of carbonyl (C=O) groups is 1. The predicted octanol–water partition coefficient (Wildman–Crippen LogP) is 6.67. The number of anilines is 1. The minimum absolute atomic E-state index is 0.0300. The molecule has 1 heterocycles. The van der Waals surface area contributed by atoms with Crippen LogP contribution < -0.4 is 10.6 Å². The summed E-state index contributed by atoms with van der Waals surface area (Å²) < 4.78 is 20.7. The Morgan fingerprint density at radius 3 is 2.67 bits per heavy atom. The van der Waals surface area contributed by atoms with E-state index in [1.165, 1.54) is 6.07 Å². The molecule has 4 rings (SSSR count). The largest absolute Gasteiger partial charge is 0.375 e. The van der Waals surface area contributed by atoms with E-state index in [1.807, 2.05) is 42.7 Å². The Morgan fingerprint density at radius 2 is 1.94 bits per heavy atom. The molecule has 36 heavy (non-hydrogen) atoms. The fourth-order valence-corrected chi connectivity index (χ4v) is 5.11. The zero-order valence-corrected chi connectivity index (χ0v) is 22.2. The van der Waals surface area contributed by atoms with Crippen molar-refractivity contribution < 1.29 is 13.9 Å². The summed E-state index contributed by atoms with van der Waals surface area (Å²) in [7, 11) is 0. The summed E-state index contributed by atoms with van der Waals surface area (Å²) in [4.78, 5) is 14.4. The molecule has 0 unspecified atom stereocenters. The molecule has 1 aliphatic rings. The number of amides is 1. The van der Waals surface area contributed by atoms with Gasteiger partial charge in [0.15, 0.2) is 0 Å². The third-order valence-electron chi connectivity index (χ3n) is 6.54. The van der Waals surface area contributed by atoms with Crippen molar-refractivity contribution in [3.05, 3.63) is 94.3 Å². The second-order valence-electron chi connectivity index (χ2n) is 9.20. The van der Waals surface area contributed by atoms with Crippen molar-refractivity contribution in [3.63, 3.8) is 0 Å². The van der Waals surface area contributed by atoms with Crippen LogP contribution in [0.15, 0.2) is 71.6 Å². The molecule has 0 spiro atoms. The van der Waals surface area contributed by atoms with Gasteiger partial charge in [-0.25, -0.2) is 4.39 Å². The molecule has 0 radical (unpaired) electrons. The van der Waals surface area contributed by atoms with Crippen LogP contribution in [0.3, 0.4) is 0 Å². The molecule has 2 N–H and O–H groups in total. The van der Waals surface area contributed by atoms with E-state index in [0.717, 1.165) is 22.6 Å². The minimum atomic E-state index is -0.313. The number of thioether (sulfide) groups is 1. The third-order valence-corrected chi connectivity index (χ3v) is 7.52. The smallest absolute Gasteiger partial charge is 0.225 e. The summed E-state index contributed by atoms with van der Waals surface area (Å²) in [5, 5.41) is 7.03. The summed E-state index contributed by atoms with van der Waals surface area (Å²) in [6.07, 6.45) is 3.45. The predicted molar refractivity (Wildman–Crippen MR) is 147 cm³/mol. The first-order chi connectivity index (χ1) is 17.4. The molecule has 0 bridgehead atoms. The zero-order chi connectivity index (χ0) is 25.5. The van der Waals surface area contributed by atoms with Gasteiger partial charge in [-0.1, -0.05) is 41.9 Å². The van der Waals surface area contributed by atoms with Gasteiger partial charge < -0.3 is 15.4 Å². The maximum Gasteiger partial charge on any atom is 0.225 e. The molecular formula is C29H32ClFN2O2S. The van der Waals surface area contributed by atoms with Crippen molar-refractivity contribution in [2.45, 2.75) is 49.1 Å². The first-order valence-corrected chi connectivity index (χ1v) is 13.8. The quantitative estimate of drug-likeness (QED) is 0.306. The highest BCUT2D eigenvalue weighted by Crippen LogP contribution is 2.32. The molecule has 3 aromatic carbocycles. The summed E-state index contributed by atoms with van der Waals surface area (Å²) in [5.74, 6) is -0.636. The number of benzene rings is 3. The fraction of sp³-hybridized carbons (Fsp3) is 0.345. The molecule has 1 saturated heterocycles. The molecule has 4 nitrogen and oxygen atoms in total. The highest BCUT2D eigenvalue weighted by molar-refractivity contribution is 7.98. The Hall–Kier alpha value is -2.38.